The molecule has 4 nitrogen and oxygen atoms in total. The molecule has 16 heavy (non-hydrogen) atoms. The molecule has 1 aliphatic heterocycles. The van der Waals surface area contributed by atoms with Gasteiger partial charge in [-0.25, -0.2) is 0 Å². The second-order valence-corrected chi connectivity index (χ2v) is 5.11. The molecule has 0 spiro atoms. The van der Waals surface area contributed by atoms with Crippen molar-refractivity contribution in [3.8, 4) is 0 Å². The van der Waals surface area contributed by atoms with Crippen molar-refractivity contribution in [2.75, 3.05) is 26.7 Å². The third kappa shape index (κ3) is 1.76. The van der Waals surface area contributed by atoms with Crippen LogP contribution < -0.4 is 5.73 Å². The maximum absolute atomic E-state index is 6.02. The third-order valence-corrected chi connectivity index (χ3v) is 3.94. The molecule has 0 saturated carbocycles. The predicted molar refractivity (Wildman–Crippen MR) is 63.3 cm³/mol. The number of piperidine rings is 1. The van der Waals surface area contributed by atoms with Gasteiger partial charge in [0.1, 0.15) is 5.76 Å². The smallest absolute Gasteiger partial charge is 0.133 e. The van der Waals surface area contributed by atoms with Gasteiger partial charge in [-0.1, -0.05) is 12.1 Å². The lowest BCUT2D eigenvalue weighted by atomic mass is 9.69. The van der Waals surface area contributed by atoms with Crippen LogP contribution in [-0.4, -0.2) is 36.7 Å². The average molecular weight is 223 g/mol. The molecule has 1 aromatic heterocycles. The molecule has 2 atom stereocenters. The van der Waals surface area contributed by atoms with Crippen molar-refractivity contribution < 1.29 is 4.52 Å². The van der Waals surface area contributed by atoms with Gasteiger partial charge in [0, 0.05) is 24.6 Å². The highest BCUT2D eigenvalue weighted by Crippen LogP contribution is 2.37. The van der Waals surface area contributed by atoms with E-state index in [-0.39, 0.29) is 5.41 Å². The first-order valence-electron chi connectivity index (χ1n) is 5.91. The van der Waals surface area contributed by atoms with Crippen molar-refractivity contribution in [2.24, 2.45) is 11.7 Å². The van der Waals surface area contributed by atoms with E-state index in [4.69, 9.17) is 10.3 Å². The molecule has 2 rings (SSSR count). The summed E-state index contributed by atoms with van der Waals surface area (Å²) in [6.07, 6.45) is 1.17. The summed E-state index contributed by atoms with van der Waals surface area (Å²) in [5, 5.41) is 4.19. The summed E-state index contributed by atoms with van der Waals surface area (Å²) in [4.78, 5) is 2.33. The van der Waals surface area contributed by atoms with Gasteiger partial charge in [-0.15, -0.1) is 0 Å². The van der Waals surface area contributed by atoms with E-state index in [1.54, 1.807) is 0 Å². The Balaban J connectivity index is 2.36. The van der Waals surface area contributed by atoms with Crippen molar-refractivity contribution >= 4 is 0 Å². The highest BCUT2D eigenvalue weighted by molar-refractivity contribution is 5.21. The first kappa shape index (κ1) is 11.6. The Morgan fingerprint density at radius 1 is 1.69 bits per heavy atom. The molecule has 0 aromatic carbocycles. The largest absolute Gasteiger partial charge is 0.361 e. The van der Waals surface area contributed by atoms with Crippen molar-refractivity contribution in [1.29, 1.82) is 0 Å². The molecule has 2 N–H and O–H groups in total. The molecule has 4 heteroatoms. The minimum Gasteiger partial charge on any atom is -0.361 e. The minimum atomic E-state index is -0.0369. The summed E-state index contributed by atoms with van der Waals surface area (Å²) in [5.41, 5.74) is 7.01. The van der Waals surface area contributed by atoms with E-state index >= 15 is 0 Å². The van der Waals surface area contributed by atoms with Crippen LogP contribution in [-0.2, 0) is 5.41 Å². The number of hydrogen-bond donors (Lipinski definition) is 1. The summed E-state index contributed by atoms with van der Waals surface area (Å²) in [6, 6.07) is 2.03. The number of nitrogens with zero attached hydrogens (tertiary/aromatic N) is 2. The van der Waals surface area contributed by atoms with Gasteiger partial charge in [0.05, 0.1) is 5.69 Å². The molecule has 1 saturated heterocycles. The summed E-state index contributed by atoms with van der Waals surface area (Å²) >= 11 is 0. The fourth-order valence-corrected chi connectivity index (χ4v) is 2.71. The van der Waals surface area contributed by atoms with E-state index in [1.807, 2.05) is 13.0 Å². The number of nitrogens with two attached hydrogens (primary N) is 1. The maximum Gasteiger partial charge on any atom is 0.133 e. The van der Waals surface area contributed by atoms with E-state index in [0.29, 0.717) is 12.5 Å². The Morgan fingerprint density at radius 2 is 2.44 bits per heavy atom. The van der Waals surface area contributed by atoms with Gasteiger partial charge in [0.15, 0.2) is 0 Å². The maximum atomic E-state index is 6.02. The Labute approximate surface area is 96.8 Å². The molecule has 2 heterocycles. The minimum absolute atomic E-state index is 0.0369. The van der Waals surface area contributed by atoms with Crippen LogP contribution in [0, 0.1) is 12.8 Å². The van der Waals surface area contributed by atoms with E-state index in [0.717, 1.165) is 24.5 Å². The second-order valence-electron chi connectivity index (χ2n) is 5.11. The Morgan fingerprint density at radius 3 is 3.00 bits per heavy atom. The van der Waals surface area contributed by atoms with Crippen LogP contribution in [0.2, 0.25) is 0 Å². The van der Waals surface area contributed by atoms with Gasteiger partial charge in [-0.3, -0.25) is 0 Å². The first-order valence-corrected chi connectivity index (χ1v) is 5.91. The number of aromatic nitrogens is 1. The zero-order valence-corrected chi connectivity index (χ0v) is 10.4. The SMILES string of the molecule is Cc1cc(C2(CN)CN(C)CCC2C)no1. The van der Waals surface area contributed by atoms with Gasteiger partial charge < -0.3 is 15.2 Å². The van der Waals surface area contributed by atoms with Crippen LogP contribution in [0.1, 0.15) is 24.8 Å². The highest BCUT2D eigenvalue weighted by Gasteiger charge is 2.42. The molecule has 1 aliphatic rings. The van der Waals surface area contributed by atoms with Crippen LogP contribution in [0.5, 0.6) is 0 Å². The molecule has 0 amide bonds. The monoisotopic (exact) mass is 223 g/mol. The molecule has 2 unspecified atom stereocenters. The fraction of sp³-hybridized carbons (Fsp3) is 0.750. The van der Waals surface area contributed by atoms with Gasteiger partial charge >= 0.3 is 0 Å². The lowest BCUT2D eigenvalue weighted by Gasteiger charge is -2.44. The summed E-state index contributed by atoms with van der Waals surface area (Å²) in [7, 11) is 2.14. The first-order chi connectivity index (χ1) is 7.58. The molecule has 90 valence electrons. The molecule has 1 fully saturated rings. The molecular formula is C12H21N3O. The topological polar surface area (TPSA) is 55.3 Å². The second kappa shape index (κ2) is 4.18. The molecule has 0 aliphatic carbocycles. The van der Waals surface area contributed by atoms with Gasteiger partial charge in [-0.05, 0) is 32.9 Å². The summed E-state index contributed by atoms with van der Waals surface area (Å²) in [5.74, 6) is 1.42. The Kier molecular flexibility index (Phi) is 3.04. The normalized spacial score (nSPS) is 31.9. The summed E-state index contributed by atoms with van der Waals surface area (Å²) in [6.45, 7) is 6.93. The molecule has 1 aromatic rings. The van der Waals surface area contributed by atoms with E-state index in [9.17, 15) is 0 Å². The lowest BCUT2D eigenvalue weighted by molar-refractivity contribution is 0.116. The van der Waals surface area contributed by atoms with E-state index < -0.39 is 0 Å². The van der Waals surface area contributed by atoms with Crippen LogP contribution in [0.3, 0.4) is 0 Å². The number of likely N-dealkylation sites (N-methyl/N-ethyl adjacent to an activating group) is 1. The van der Waals surface area contributed by atoms with Gasteiger partial charge in [0.25, 0.3) is 0 Å². The molecule has 0 bridgehead atoms. The van der Waals surface area contributed by atoms with Crippen LogP contribution in [0.15, 0.2) is 10.6 Å². The number of aryl methyl sites for hydroxylation is 1. The zero-order valence-electron chi connectivity index (χ0n) is 10.4. The standard InChI is InChI=1S/C12H21N3O/c1-9-4-5-15(3)8-12(9,7-13)11-6-10(2)16-14-11/h6,9H,4-5,7-8,13H2,1-3H3. The zero-order chi connectivity index (χ0) is 11.8. The Bertz CT molecular complexity index is 363. The van der Waals surface area contributed by atoms with Crippen molar-refractivity contribution in [1.82, 2.24) is 10.1 Å². The van der Waals surface area contributed by atoms with E-state index in [1.165, 1.54) is 6.42 Å². The van der Waals surface area contributed by atoms with Crippen molar-refractivity contribution in [3.63, 3.8) is 0 Å². The lowest BCUT2D eigenvalue weighted by Crippen LogP contribution is -2.54. The summed E-state index contributed by atoms with van der Waals surface area (Å²) < 4.78 is 5.20. The van der Waals surface area contributed by atoms with Crippen LogP contribution in [0.25, 0.3) is 0 Å². The number of likely N-dealkylation sites (tertiary alicyclic amines) is 1. The molecule has 0 radical (unpaired) electrons. The van der Waals surface area contributed by atoms with Gasteiger partial charge in [-0.2, -0.15) is 0 Å². The van der Waals surface area contributed by atoms with Crippen LogP contribution >= 0.6 is 0 Å². The van der Waals surface area contributed by atoms with Crippen molar-refractivity contribution in [3.05, 3.63) is 17.5 Å². The quantitative estimate of drug-likeness (QED) is 0.817. The molecular weight excluding hydrogens is 202 g/mol. The Hall–Kier alpha value is -0.870. The van der Waals surface area contributed by atoms with E-state index in [2.05, 4.69) is 24.0 Å². The predicted octanol–water partition coefficient (Wildman–Crippen LogP) is 1.15. The third-order valence-electron chi connectivity index (χ3n) is 3.94. The van der Waals surface area contributed by atoms with Gasteiger partial charge in [0.2, 0.25) is 0 Å². The van der Waals surface area contributed by atoms with Crippen LogP contribution in [0.4, 0.5) is 0 Å². The average Bonchev–Trinajstić information content (AvgIpc) is 2.69. The number of hydrogen-bond acceptors (Lipinski definition) is 4. The fourth-order valence-electron chi connectivity index (χ4n) is 2.71. The van der Waals surface area contributed by atoms with Crippen molar-refractivity contribution in [2.45, 2.75) is 25.7 Å². The number of rotatable bonds is 2. The highest BCUT2D eigenvalue weighted by atomic mass is 16.5.